The quantitative estimate of drug-likeness (QED) is 0.812. The third kappa shape index (κ3) is 4.94. The average Bonchev–Trinajstić information content (AvgIpc) is 2.82. The Hall–Kier alpha value is -0.820. The normalized spacial score (nSPS) is 28.6. The largest absolute Gasteiger partial charge is 0.401 e. The third-order valence-electron chi connectivity index (χ3n) is 4.01. The van der Waals surface area contributed by atoms with Crippen LogP contribution in [0.5, 0.6) is 0 Å². The number of piperidine rings is 1. The van der Waals surface area contributed by atoms with Gasteiger partial charge in [0, 0.05) is 19.6 Å². The Morgan fingerprint density at radius 2 is 2.15 bits per heavy atom. The fourth-order valence-corrected chi connectivity index (χ4v) is 2.94. The lowest BCUT2D eigenvalue weighted by Gasteiger charge is -2.23. The zero-order chi connectivity index (χ0) is 14.6. The molecule has 7 heteroatoms. The van der Waals surface area contributed by atoms with Crippen molar-refractivity contribution in [2.75, 3.05) is 39.3 Å². The van der Waals surface area contributed by atoms with E-state index in [2.05, 4.69) is 10.6 Å². The van der Waals surface area contributed by atoms with E-state index in [0.29, 0.717) is 26.2 Å². The second kappa shape index (κ2) is 6.76. The molecule has 0 aromatic carbocycles. The molecule has 0 saturated carbocycles. The molecule has 2 rings (SSSR count). The zero-order valence-corrected chi connectivity index (χ0v) is 11.5. The Morgan fingerprint density at radius 3 is 2.80 bits per heavy atom. The Bertz CT molecular complexity index is 329. The number of rotatable bonds is 4. The van der Waals surface area contributed by atoms with E-state index in [0.717, 1.165) is 25.8 Å². The van der Waals surface area contributed by atoms with Crippen LogP contribution in [-0.4, -0.2) is 56.3 Å². The van der Waals surface area contributed by atoms with E-state index < -0.39 is 12.7 Å². The maximum Gasteiger partial charge on any atom is 0.401 e. The monoisotopic (exact) mass is 293 g/mol. The smallest absolute Gasteiger partial charge is 0.355 e. The van der Waals surface area contributed by atoms with E-state index in [4.69, 9.17) is 0 Å². The summed E-state index contributed by atoms with van der Waals surface area (Å²) in [7, 11) is 0. The number of nitrogens with one attached hydrogen (secondary N) is 2. The first-order chi connectivity index (χ1) is 9.44. The highest BCUT2D eigenvalue weighted by atomic mass is 19.4. The second-order valence-electron chi connectivity index (χ2n) is 5.79. The van der Waals surface area contributed by atoms with Crippen molar-refractivity contribution in [3.05, 3.63) is 0 Å². The van der Waals surface area contributed by atoms with Crippen molar-refractivity contribution >= 4 is 5.91 Å². The van der Waals surface area contributed by atoms with Gasteiger partial charge in [0.25, 0.3) is 0 Å². The molecule has 116 valence electrons. The fourth-order valence-electron chi connectivity index (χ4n) is 2.94. The van der Waals surface area contributed by atoms with Gasteiger partial charge in [0.1, 0.15) is 0 Å². The highest BCUT2D eigenvalue weighted by molar-refractivity contribution is 5.78. The van der Waals surface area contributed by atoms with Gasteiger partial charge in [0.2, 0.25) is 5.91 Å². The third-order valence-corrected chi connectivity index (χ3v) is 4.01. The van der Waals surface area contributed by atoms with Crippen molar-refractivity contribution in [1.82, 2.24) is 15.5 Å². The van der Waals surface area contributed by atoms with Gasteiger partial charge in [0.05, 0.1) is 12.5 Å². The standard InChI is InChI=1S/C13H22F3N3O/c14-13(15,16)9-19-5-3-10(8-19)6-18-12(20)11-2-1-4-17-7-11/h10-11,17H,1-9H2,(H,18,20)/t10?,11-/m0/s1. The summed E-state index contributed by atoms with van der Waals surface area (Å²) in [5.74, 6) is 0.181. The van der Waals surface area contributed by atoms with Crippen LogP contribution in [0.25, 0.3) is 0 Å². The number of nitrogens with zero attached hydrogens (tertiary/aromatic N) is 1. The van der Waals surface area contributed by atoms with Crippen molar-refractivity contribution in [1.29, 1.82) is 0 Å². The zero-order valence-electron chi connectivity index (χ0n) is 11.5. The van der Waals surface area contributed by atoms with Gasteiger partial charge >= 0.3 is 6.18 Å². The van der Waals surface area contributed by atoms with E-state index >= 15 is 0 Å². The Balaban J connectivity index is 1.66. The summed E-state index contributed by atoms with van der Waals surface area (Å²) < 4.78 is 36.8. The molecule has 0 spiro atoms. The molecule has 2 N–H and O–H groups in total. The van der Waals surface area contributed by atoms with Crippen LogP contribution >= 0.6 is 0 Å². The fraction of sp³-hybridized carbons (Fsp3) is 0.923. The summed E-state index contributed by atoms with van der Waals surface area (Å²) in [4.78, 5) is 13.3. The summed E-state index contributed by atoms with van der Waals surface area (Å²) in [5.41, 5.74) is 0. The first-order valence-corrected chi connectivity index (χ1v) is 7.21. The van der Waals surface area contributed by atoms with Gasteiger partial charge in [0.15, 0.2) is 0 Å². The van der Waals surface area contributed by atoms with Gasteiger partial charge in [-0.3, -0.25) is 9.69 Å². The summed E-state index contributed by atoms with van der Waals surface area (Å²) in [6.07, 6.45) is -1.52. The molecule has 0 aromatic rings. The van der Waals surface area contributed by atoms with E-state index in [1.807, 2.05) is 0 Å². The van der Waals surface area contributed by atoms with Gasteiger partial charge < -0.3 is 10.6 Å². The van der Waals surface area contributed by atoms with Crippen molar-refractivity contribution in [2.45, 2.75) is 25.4 Å². The number of carbonyl (C=O) groups is 1. The molecule has 4 nitrogen and oxygen atoms in total. The van der Waals surface area contributed by atoms with E-state index in [-0.39, 0.29) is 17.7 Å². The number of likely N-dealkylation sites (tertiary alicyclic amines) is 1. The predicted molar refractivity (Wildman–Crippen MR) is 69.2 cm³/mol. The Labute approximate surface area is 117 Å². The average molecular weight is 293 g/mol. The van der Waals surface area contributed by atoms with Crippen LogP contribution in [0.1, 0.15) is 19.3 Å². The maximum atomic E-state index is 12.3. The molecule has 1 unspecified atom stereocenters. The number of alkyl halides is 3. The molecule has 0 aromatic heterocycles. The molecule has 0 radical (unpaired) electrons. The summed E-state index contributed by atoms with van der Waals surface area (Å²) in [6.45, 7) is 2.19. The topological polar surface area (TPSA) is 44.4 Å². The van der Waals surface area contributed by atoms with Crippen molar-refractivity contribution in [3.8, 4) is 0 Å². The molecule has 0 aliphatic carbocycles. The molecule has 1 amide bonds. The Morgan fingerprint density at radius 1 is 1.35 bits per heavy atom. The minimum Gasteiger partial charge on any atom is -0.355 e. The van der Waals surface area contributed by atoms with Crippen LogP contribution in [0.2, 0.25) is 0 Å². The number of hydrogen-bond donors (Lipinski definition) is 2. The molecule has 2 atom stereocenters. The van der Waals surface area contributed by atoms with Crippen LogP contribution in [0.15, 0.2) is 0 Å². The number of hydrogen-bond acceptors (Lipinski definition) is 3. The lowest BCUT2D eigenvalue weighted by atomic mass is 9.98. The van der Waals surface area contributed by atoms with E-state index in [9.17, 15) is 18.0 Å². The van der Waals surface area contributed by atoms with E-state index in [1.165, 1.54) is 4.90 Å². The minimum absolute atomic E-state index is 0.0106. The highest BCUT2D eigenvalue weighted by Gasteiger charge is 2.34. The summed E-state index contributed by atoms with van der Waals surface area (Å²) in [6, 6.07) is 0. The molecule has 20 heavy (non-hydrogen) atoms. The SMILES string of the molecule is O=C(NCC1CCN(CC(F)(F)F)C1)[C@H]1CCCNC1. The second-order valence-corrected chi connectivity index (χ2v) is 5.79. The summed E-state index contributed by atoms with van der Waals surface area (Å²) >= 11 is 0. The van der Waals surface area contributed by atoms with Crippen LogP contribution in [-0.2, 0) is 4.79 Å². The first-order valence-electron chi connectivity index (χ1n) is 7.21. The van der Waals surface area contributed by atoms with Gasteiger partial charge in [-0.2, -0.15) is 13.2 Å². The van der Waals surface area contributed by atoms with Crippen molar-refractivity contribution in [3.63, 3.8) is 0 Å². The Kier molecular flexibility index (Phi) is 5.26. The van der Waals surface area contributed by atoms with Crippen molar-refractivity contribution < 1.29 is 18.0 Å². The van der Waals surface area contributed by atoms with Crippen LogP contribution < -0.4 is 10.6 Å². The van der Waals surface area contributed by atoms with Gasteiger partial charge in [-0.1, -0.05) is 0 Å². The molecule has 2 heterocycles. The molecular formula is C13H22F3N3O. The molecule has 2 aliphatic rings. The van der Waals surface area contributed by atoms with Crippen LogP contribution in [0, 0.1) is 11.8 Å². The minimum atomic E-state index is -4.13. The molecule has 2 aliphatic heterocycles. The number of amides is 1. The van der Waals surface area contributed by atoms with Crippen molar-refractivity contribution in [2.24, 2.45) is 11.8 Å². The number of carbonyl (C=O) groups excluding carboxylic acids is 1. The van der Waals surface area contributed by atoms with Gasteiger partial charge in [-0.05, 0) is 38.3 Å². The van der Waals surface area contributed by atoms with Gasteiger partial charge in [-0.25, -0.2) is 0 Å². The molecule has 0 bridgehead atoms. The molecular weight excluding hydrogens is 271 g/mol. The van der Waals surface area contributed by atoms with Gasteiger partial charge in [-0.15, -0.1) is 0 Å². The highest BCUT2D eigenvalue weighted by Crippen LogP contribution is 2.22. The lowest BCUT2D eigenvalue weighted by Crippen LogP contribution is -2.42. The predicted octanol–water partition coefficient (Wildman–Crippen LogP) is 0.986. The van der Waals surface area contributed by atoms with Crippen LogP contribution in [0.4, 0.5) is 13.2 Å². The lowest BCUT2D eigenvalue weighted by molar-refractivity contribution is -0.143. The maximum absolute atomic E-state index is 12.3. The van der Waals surface area contributed by atoms with Crippen LogP contribution in [0.3, 0.4) is 0 Å². The molecule has 2 fully saturated rings. The first kappa shape index (κ1) is 15.6. The summed E-state index contributed by atoms with van der Waals surface area (Å²) in [5, 5.41) is 6.07. The number of halogens is 3. The molecule has 2 saturated heterocycles. The van der Waals surface area contributed by atoms with E-state index in [1.54, 1.807) is 0 Å².